The molecule has 2 nitrogen and oxygen atoms in total. The predicted octanol–water partition coefficient (Wildman–Crippen LogP) is 7.29. The summed E-state index contributed by atoms with van der Waals surface area (Å²) in [5.41, 5.74) is 3.03. The van der Waals surface area contributed by atoms with E-state index in [0.717, 1.165) is 16.9 Å². The number of halogens is 3. The van der Waals surface area contributed by atoms with Crippen LogP contribution in [0.1, 0.15) is 16.7 Å². The summed E-state index contributed by atoms with van der Waals surface area (Å²) in [4.78, 5) is 0. The van der Waals surface area contributed by atoms with Crippen molar-refractivity contribution in [1.29, 1.82) is 5.26 Å². The number of nitriles is 1. The minimum absolute atomic E-state index is 0.384. The normalized spacial score (nSPS) is 11.1. The van der Waals surface area contributed by atoms with Gasteiger partial charge < -0.3 is 4.74 Å². The molecule has 0 unspecified atom stereocenters. The highest BCUT2D eigenvalue weighted by Gasteiger charge is 2.06. The summed E-state index contributed by atoms with van der Waals surface area (Å²) in [5, 5.41) is 11.0. The molecule has 0 radical (unpaired) electrons. The van der Waals surface area contributed by atoms with E-state index in [1.807, 2.05) is 48.5 Å². The maximum atomic E-state index is 9.45. The zero-order chi connectivity index (χ0) is 19.2. The maximum absolute atomic E-state index is 9.45. The Morgan fingerprint density at radius 1 is 0.889 bits per heavy atom. The summed E-state index contributed by atoms with van der Waals surface area (Å²) in [7, 11) is 0. The summed E-state index contributed by atoms with van der Waals surface area (Å²) in [5.74, 6) is 0.717. The second kappa shape index (κ2) is 8.97. The van der Waals surface area contributed by atoms with Crippen LogP contribution in [0.5, 0.6) is 5.75 Å². The molecule has 0 atom stereocenters. The second-order valence-electron chi connectivity index (χ2n) is 5.76. The fourth-order valence-corrected chi connectivity index (χ4v) is 3.03. The van der Waals surface area contributed by atoms with Crippen molar-refractivity contribution in [3.8, 4) is 11.8 Å². The Morgan fingerprint density at radius 3 is 2.30 bits per heavy atom. The van der Waals surface area contributed by atoms with E-state index in [1.165, 1.54) is 0 Å². The fraction of sp³-hybridized carbons (Fsp3) is 0.0455. The van der Waals surface area contributed by atoms with Crippen molar-refractivity contribution in [2.75, 3.05) is 0 Å². The number of benzene rings is 3. The van der Waals surface area contributed by atoms with Crippen LogP contribution in [0.25, 0.3) is 11.6 Å². The van der Waals surface area contributed by atoms with Crippen molar-refractivity contribution >= 4 is 46.5 Å². The molecule has 0 bridgehead atoms. The van der Waals surface area contributed by atoms with Crippen LogP contribution in [0.3, 0.4) is 0 Å². The molecule has 0 fully saturated rings. The Morgan fingerprint density at radius 2 is 1.63 bits per heavy atom. The van der Waals surface area contributed by atoms with Crippen LogP contribution in [-0.4, -0.2) is 0 Å². The minimum Gasteiger partial charge on any atom is -0.489 e. The summed E-state index contributed by atoms with van der Waals surface area (Å²) in [6, 6.07) is 22.4. The van der Waals surface area contributed by atoms with Crippen molar-refractivity contribution in [3.05, 3.63) is 98.5 Å². The molecule has 0 saturated heterocycles. The minimum atomic E-state index is 0.384. The first-order valence-corrected chi connectivity index (χ1v) is 9.23. The molecule has 0 aliphatic carbocycles. The second-order valence-corrected chi connectivity index (χ2v) is 6.98. The molecule has 0 amide bonds. The van der Waals surface area contributed by atoms with Gasteiger partial charge in [-0.2, -0.15) is 5.26 Å². The average Bonchev–Trinajstić information content (AvgIpc) is 2.68. The third-order valence-corrected chi connectivity index (χ3v) is 4.93. The van der Waals surface area contributed by atoms with E-state index in [4.69, 9.17) is 39.5 Å². The Bertz CT molecular complexity index is 1020. The topological polar surface area (TPSA) is 33.0 Å². The number of allylic oxidation sites excluding steroid dienone is 1. The van der Waals surface area contributed by atoms with E-state index in [2.05, 4.69) is 6.07 Å². The van der Waals surface area contributed by atoms with Gasteiger partial charge in [-0.05, 0) is 47.5 Å². The molecular formula is C22H14Cl3NO. The van der Waals surface area contributed by atoms with Gasteiger partial charge in [0.1, 0.15) is 12.4 Å². The van der Waals surface area contributed by atoms with Gasteiger partial charge in [-0.3, -0.25) is 0 Å². The number of hydrogen-bond donors (Lipinski definition) is 0. The predicted molar refractivity (Wildman–Crippen MR) is 112 cm³/mol. The number of nitrogens with zero attached hydrogens (tertiary/aromatic N) is 1. The van der Waals surface area contributed by atoms with Crippen LogP contribution in [-0.2, 0) is 6.61 Å². The first-order valence-electron chi connectivity index (χ1n) is 8.10. The van der Waals surface area contributed by atoms with Gasteiger partial charge in [-0.1, -0.05) is 71.2 Å². The average molecular weight is 415 g/mol. The molecule has 0 aromatic heterocycles. The third kappa shape index (κ3) is 5.05. The Kier molecular flexibility index (Phi) is 6.42. The molecular weight excluding hydrogens is 401 g/mol. The van der Waals surface area contributed by atoms with Crippen LogP contribution in [0.15, 0.2) is 66.7 Å². The largest absolute Gasteiger partial charge is 0.489 e. The molecule has 5 heteroatoms. The molecule has 0 aliphatic rings. The van der Waals surface area contributed by atoms with Gasteiger partial charge in [-0.25, -0.2) is 0 Å². The maximum Gasteiger partial charge on any atom is 0.119 e. The molecule has 3 rings (SSSR count). The van der Waals surface area contributed by atoms with Crippen molar-refractivity contribution in [2.24, 2.45) is 0 Å². The van der Waals surface area contributed by atoms with Gasteiger partial charge in [0.2, 0.25) is 0 Å². The van der Waals surface area contributed by atoms with Gasteiger partial charge in [0, 0.05) is 10.6 Å². The number of rotatable bonds is 5. The molecule has 27 heavy (non-hydrogen) atoms. The van der Waals surface area contributed by atoms with E-state index >= 15 is 0 Å². The van der Waals surface area contributed by atoms with E-state index in [9.17, 15) is 5.26 Å². The molecule has 3 aromatic rings. The van der Waals surface area contributed by atoms with Crippen LogP contribution >= 0.6 is 34.8 Å². The summed E-state index contributed by atoms with van der Waals surface area (Å²) < 4.78 is 5.77. The SMILES string of the molecule is N#CC(=Cc1ccc(OCc2ccc(Cl)c(Cl)c2)cc1)c1ccccc1Cl. The van der Waals surface area contributed by atoms with Gasteiger partial charge in [0.25, 0.3) is 0 Å². The van der Waals surface area contributed by atoms with Crippen molar-refractivity contribution in [2.45, 2.75) is 6.61 Å². The first-order chi connectivity index (χ1) is 13.1. The van der Waals surface area contributed by atoms with Crippen LogP contribution in [0.4, 0.5) is 0 Å². The summed E-state index contributed by atoms with van der Waals surface area (Å²) in [6.07, 6.45) is 1.80. The van der Waals surface area contributed by atoms with Gasteiger partial charge in [-0.15, -0.1) is 0 Å². The lowest BCUT2D eigenvalue weighted by atomic mass is 10.0. The Balaban J connectivity index is 1.72. The van der Waals surface area contributed by atoms with Crippen LogP contribution in [0, 0.1) is 11.3 Å². The lowest BCUT2D eigenvalue weighted by Crippen LogP contribution is -1.95. The number of hydrogen-bond acceptors (Lipinski definition) is 2. The summed E-state index contributed by atoms with van der Waals surface area (Å²) >= 11 is 18.1. The third-order valence-electron chi connectivity index (χ3n) is 3.87. The van der Waals surface area contributed by atoms with Crippen molar-refractivity contribution < 1.29 is 4.74 Å². The molecule has 134 valence electrons. The molecule has 3 aromatic carbocycles. The molecule has 0 N–H and O–H groups in total. The van der Waals surface area contributed by atoms with Gasteiger partial charge in [0.15, 0.2) is 0 Å². The highest BCUT2D eigenvalue weighted by Crippen LogP contribution is 2.26. The smallest absolute Gasteiger partial charge is 0.119 e. The standard InChI is InChI=1S/C22H14Cl3NO/c23-20-4-2-1-3-19(20)17(13-26)11-15-5-8-18(9-6-15)27-14-16-7-10-21(24)22(25)12-16/h1-12H,14H2. The highest BCUT2D eigenvalue weighted by molar-refractivity contribution is 6.42. The van der Waals surface area contributed by atoms with Crippen LogP contribution in [0.2, 0.25) is 15.1 Å². The van der Waals surface area contributed by atoms with E-state index < -0.39 is 0 Å². The van der Waals surface area contributed by atoms with E-state index in [1.54, 1.807) is 24.3 Å². The van der Waals surface area contributed by atoms with E-state index in [-0.39, 0.29) is 0 Å². The summed E-state index contributed by atoms with van der Waals surface area (Å²) in [6.45, 7) is 0.384. The molecule has 0 saturated carbocycles. The Labute approximate surface area is 173 Å². The zero-order valence-electron chi connectivity index (χ0n) is 14.1. The molecule has 0 aliphatic heterocycles. The quantitative estimate of drug-likeness (QED) is 0.324. The van der Waals surface area contributed by atoms with Gasteiger partial charge in [0.05, 0.1) is 21.7 Å². The lowest BCUT2D eigenvalue weighted by Gasteiger charge is -2.08. The first kappa shape index (κ1) is 19.3. The lowest BCUT2D eigenvalue weighted by molar-refractivity contribution is 0.306. The van der Waals surface area contributed by atoms with Crippen molar-refractivity contribution in [1.82, 2.24) is 0 Å². The van der Waals surface area contributed by atoms with Gasteiger partial charge >= 0.3 is 0 Å². The monoisotopic (exact) mass is 413 g/mol. The van der Waals surface area contributed by atoms with Crippen LogP contribution < -0.4 is 4.74 Å². The zero-order valence-corrected chi connectivity index (χ0v) is 16.4. The molecule has 0 spiro atoms. The van der Waals surface area contributed by atoms with Crippen molar-refractivity contribution in [3.63, 3.8) is 0 Å². The highest BCUT2D eigenvalue weighted by atomic mass is 35.5. The number of ether oxygens (including phenoxy) is 1. The van der Waals surface area contributed by atoms with E-state index in [0.29, 0.717) is 32.8 Å². The molecule has 0 heterocycles. The fourth-order valence-electron chi connectivity index (χ4n) is 2.47. The Hall–Kier alpha value is -2.44.